The van der Waals surface area contributed by atoms with Crippen molar-refractivity contribution in [3.63, 3.8) is 0 Å². The second kappa shape index (κ2) is 13.4. The van der Waals surface area contributed by atoms with Crippen molar-refractivity contribution in [2.75, 3.05) is 6.61 Å². The van der Waals surface area contributed by atoms with Crippen molar-refractivity contribution in [1.82, 2.24) is 0 Å². The minimum Gasteiger partial charge on any atom is -0.458 e. The summed E-state index contributed by atoms with van der Waals surface area (Å²) in [6.45, 7) is 10.4. The van der Waals surface area contributed by atoms with E-state index >= 15 is 0 Å². The van der Waals surface area contributed by atoms with Crippen molar-refractivity contribution < 1.29 is 39.2 Å². The van der Waals surface area contributed by atoms with Crippen molar-refractivity contribution >= 4 is 17.7 Å². The summed E-state index contributed by atoms with van der Waals surface area (Å²) in [6, 6.07) is 0. The maximum absolute atomic E-state index is 13.3. The number of ether oxygens (including phenoxy) is 2. The van der Waals surface area contributed by atoms with Crippen molar-refractivity contribution in [2.45, 2.75) is 148 Å². The van der Waals surface area contributed by atoms with Gasteiger partial charge in [0.25, 0.3) is 0 Å². The van der Waals surface area contributed by atoms with Crippen molar-refractivity contribution in [2.24, 2.45) is 29.1 Å². The molecule has 4 aliphatic rings. The molecule has 0 bridgehead atoms. The van der Waals surface area contributed by atoms with Crippen LogP contribution in [-0.4, -0.2) is 62.6 Å². The van der Waals surface area contributed by atoms with Crippen molar-refractivity contribution in [3.05, 3.63) is 23.3 Å². The highest BCUT2D eigenvalue weighted by atomic mass is 16.6. The Labute approximate surface area is 263 Å². The predicted molar refractivity (Wildman–Crippen MR) is 167 cm³/mol. The number of esters is 2. The molecule has 8 nitrogen and oxygen atoms in total. The van der Waals surface area contributed by atoms with Gasteiger partial charge in [-0.25, -0.2) is 0 Å². The van der Waals surface area contributed by atoms with Crippen LogP contribution < -0.4 is 0 Å². The third-order valence-electron chi connectivity index (χ3n) is 11.5. The van der Waals surface area contributed by atoms with Gasteiger partial charge in [-0.1, -0.05) is 104 Å². The summed E-state index contributed by atoms with van der Waals surface area (Å²) < 4.78 is 12.3. The van der Waals surface area contributed by atoms with Crippen molar-refractivity contribution in [1.29, 1.82) is 0 Å². The van der Waals surface area contributed by atoms with Gasteiger partial charge >= 0.3 is 11.9 Å². The van der Waals surface area contributed by atoms with Gasteiger partial charge in [0, 0.05) is 48.9 Å². The molecule has 44 heavy (non-hydrogen) atoms. The molecule has 0 aromatic rings. The summed E-state index contributed by atoms with van der Waals surface area (Å²) in [5, 5.41) is 34.8. The van der Waals surface area contributed by atoms with Crippen LogP contribution in [0.4, 0.5) is 0 Å². The Hall–Kier alpha value is -2.03. The van der Waals surface area contributed by atoms with Gasteiger partial charge in [0.05, 0.1) is 12.2 Å². The topological polar surface area (TPSA) is 130 Å². The molecule has 0 spiro atoms. The number of unbranched alkanes of at least 4 members (excludes halogenated alkanes) is 10. The fourth-order valence-electron chi connectivity index (χ4n) is 9.20. The summed E-state index contributed by atoms with van der Waals surface area (Å²) in [6.07, 6.45) is 15.4. The first kappa shape index (κ1) is 34.8. The minimum atomic E-state index is -1.93. The molecular formula is C36H56O8. The number of carbonyl (C=O) groups excluding carboxylic acids is 3. The van der Waals surface area contributed by atoms with Crippen LogP contribution in [0, 0.1) is 29.1 Å². The second-order valence-electron chi connectivity index (χ2n) is 14.7. The van der Waals surface area contributed by atoms with Crippen LogP contribution in [0.5, 0.6) is 0 Å². The summed E-state index contributed by atoms with van der Waals surface area (Å²) >= 11 is 0. The summed E-state index contributed by atoms with van der Waals surface area (Å²) in [5.74, 6) is -4.29. The zero-order chi connectivity index (χ0) is 32.5. The Morgan fingerprint density at radius 2 is 1.52 bits per heavy atom. The monoisotopic (exact) mass is 616 g/mol. The number of aliphatic hydroxyl groups excluding tert-OH is 1. The van der Waals surface area contributed by atoms with Gasteiger partial charge < -0.3 is 24.8 Å². The maximum atomic E-state index is 13.3. The van der Waals surface area contributed by atoms with Crippen LogP contribution in [0.3, 0.4) is 0 Å². The highest BCUT2D eigenvalue weighted by Gasteiger charge is 2.87. The Balaban J connectivity index is 1.51. The fraction of sp³-hybridized carbons (Fsp3) is 0.806. The quantitative estimate of drug-likeness (QED) is 0.120. The van der Waals surface area contributed by atoms with E-state index in [0.717, 1.165) is 19.3 Å². The Morgan fingerprint density at radius 3 is 2.07 bits per heavy atom. The molecular weight excluding hydrogens is 560 g/mol. The van der Waals surface area contributed by atoms with Gasteiger partial charge in [0.2, 0.25) is 0 Å². The average molecular weight is 617 g/mol. The molecule has 0 amide bonds. The third-order valence-corrected chi connectivity index (χ3v) is 11.5. The number of ketones is 1. The molecule has 2 fully saturated rings. The Morgan fingerprint density at radius 1 is 0.955 bits per heavy atom. The van der Waals surface area contributed by atoms with Crippen LogP contribution in [0.15, 0.2) is 23.3 Å². The minimum absolute atomic E-state index is 0.108. The molecule has 0 heterocycles. The molecule has 3 N–H and O–H groups in total. The van der Waals surface area contributed by atoms with Crippen LogP contribution >= 0.6 is 0 Å². The van der Waals surface area contributed by atoms with Crippen LogP contribution in [-0.2, 0) is 23.9 Å². The molecule has 0 aromatic carbocycles. The number of aliphatic hydroxyl groups is 3. The van der Waals surface area contributed by atoms with Crippen LogP contribution in [0.1, 0.15) is 125 Å². The van der Waals surface area contributed by atoms with Gasteiger partial charge in [-0.2, -0.15) is 0 Å². The van der Waals surface area contributed by atoms with E-state index in [2.05, 4.69) is 6.92 Å². The van der Waals surface area contributed by atoms with Gasteiger partial charge in [-0.15, -0.1) is 0 Å². The molecule has 0 unspecified atom stereocenters. The van der Waals surface area contributed by atoms with Crippen LogP contribution in [0.2, 0.25) is 0 Å². The molecule has 0 aliphatic heterocycles. The SMILES string of the molecule is CCCCCCCCCCCCCC(=O)O[C@@H]1[C@@H](C)[C@@]2(O)[C@H](C=C(CO)C[C@]3(O)C(=O)C(C)=C[C@@H]23)[C@@H]2C(C)(C)[C@]12OC(C)=O. The maximum Gasteiger partial charge on any atom is 0.306 e. The molecule has 248 valence electrons. The number of hydrogen-bond donors (Lipinski definition) is 3. The van der Waals surface area contributed by atoms with E-state index in [9.17, 15) is 29.7 Å². The van der Waals surface area contributed by atoms with E-state index < -0.39 is 69.7 Å². The molecule has 8 heteroatoms. The number of hydrogen-bond acceptors (Lipinski definition) is 8. The number of carbonyl (C=O) groups is 3. The number of Topliss-reactive ketones (excluding diaryl/α,β-unsaturated/α-hetero) is 1. The number of rotatable bonds is 15. The van der Waals surface area contributed by atoms with E-state index in [1.165, 1.54) is 51.9 Å². The molecule has 4 aliphatic carbocycles. The summed E-state index contributed by atoms with van der Waals surface area (Å²) in [5.41, 5.74) is -4.71. The highest BCUT2D eigenvalue weighted by molar-refractivity contribution is 6.04. The van der Waals surface area contributed by atoms with Gasteiger partial charge in [0.15, 0.2) is 11.4 Å². The molecule has 0 radical (unpaired) electrons. The molecule has 2 saturated carbocycles. The first-order valence-electron chi connectivity index (χ1n) is 17.1. The lowest BCUT2D eigenvalue weighted by Crippen LogP contribution is -2.66. The largest absolute Gasteiger partial charge is 0.458 e. The summed E-state index contributed by atoms with van der Waals surface area (Å²) in [7, 11) is 0. The zero-order valence-electron chi connectivity index (χ0n) is 27.8. The van der Waals surface area contributed by atoms with Gasteiger partial charge in [-0.05, 0) is 24.5 Å². The molecule has 0 aromatic heterocycles. The lowest BCUT2D eigenvalue weighted by atomic mass is 9.59. The average Bonchev–Trinajstić information content (AvgIpc) is 3.38. The van der Waals surface area contributed by atoms with E-state index in [1.807, 2.05) is 13.8 Å². The van der Waals surface area contributed by atoms with E-state index in [1.54, 1.807) is 26.0 Å². The third kappa shape index (κ3) is 5.84. The predicted octanol–water partition coefficient (Wildman–Crippen LogP) is 5.75. The standard InChI is InChI=1S/C36H56O8/c1-7-8-9-10-11-12-13-14-15-16-17-18-29(39)43-32-24(3)35(42)27(30-33(5,6)36(30,32)44-25(4)38)20-26(22-37)21-34(41)28(35)19-23(2)31(34)40/h19-20,24,27-28,30,32,37,41-42H,7-18,21-22H2,1-6H3/t24-,27-,28-,30-,32-,34-,35-,36-/m1/s1. The molecule has 0 saturated heterocycles. The molecule has 8 atom stereocenters. The first-order chi connectivity index (χ1) is 20.7. The fourth-order valence-corrected chi connectivity index (χ4v) is 9.20. The van der Waals surface area contributed by atoms with Crippen LogP contribution in [0.25, 0.3) is 0 Å². The lowest BCUT2D eigenvalue weighted by molar-refractivity contribution is -0.228. The van der Waals surface area contributed by atoms with Gasteiger partial charge in [0.1, 0.15) is 11.7 Å². The normalized spacial score (nSPS) is 36.8. The second-order valence-corrected chi connectivity index (χ2v) is 14.7. The smallest absolute Gasteiger partial charge is 0.306 e. The lowest BCUT2D eigenvalue weighted by Gasteiger charge is -2.53. The van der Waals surface area contributed by atoms with Crippen molar-refractivity contribution in [3.8, 4) is 0 Å². The number of fused-ring (bicyclic) bond motifs is 5. The summed E-state index contributed by atoms with van der Waals surface area (Å²) in [4.78, 5) is 39.1. The molecule has 4 rings (SSSR count). The van der Waals surface area contributed by atoms with E-state index in [-0.39, 0.29) is 19.4 Å². The van der Waals surface area contributed by atoms with E-state index in [0.29, 0.717) is 17.6 Å². The van der Waals surface area contributed by atoms with Gasteiger partial charge in [-0.3, -0.25) is 14.4 Å². The van der Waals surface area contributed by atoms with E-state index in [4.69, 9.17) is 9.47 Å². The zero-order valence-corrected chi connectivity index (χ0v) is 27.8. The first-order valence-corrected chi connectivity index (χ1v) is 17.1. The highest BCUT2D eigenvalue weighted by Crippen LogP contribution is 2.77. The Bertz CT molecular complexity index is 1150. The Kier molecular flexibility index (Phi) is 10.6.